The Morgan fingerprint density at radius 2 is 2.03 bits per heavy atom. The fourth-order valence-electron chi connectivity index (χ4n) is 4.26. The third kappa shape index (κ3) is 3.78. The maximum Gasteiger partial charge on any atom is 0.417 e. The molecule has 0 radical (unpaired) electrons. The van der Waals surface area contributed by atoms with E-state index in [2.05, 4.69) is 20.3 Å². The fraction of sp³-hybridized carbons (Fsp3) is 0.208. The number of fused-ring (bicyclic) bond motifs is 4. The van der Waals surface area contributed by atoms with Crippen LogP contribution < -0.4 is 14.8 Å². The molecule has 0 saturated heterocycles. The van der Waals surface area contributed by atoms with E-state index < -0.39 is 23.8 Å². The molecule has 8 nitrogen and oxygen atoms in total. The minimum atomic E-state index is -4.61. The number of hydrogen-bond donors (Lipinski definition) is 1. The third-order valence-electron chi connectivity index (χ3n) is 6.02. The smallest absolute Gasteiger partial charge is 0.417 e. The van der Waals surface area contributed by atoms with Gasteiger partial charge in [0.05, 0.1) is 22.8 Å². The molecule has 0 unspecified atom stereocenters. The van der Waals surface area contributed by atoms with Crippen LogP contribution in [-0.2, 0) is 17.4 Å². The third-order valence-corrected chi connectivity index (χ3v) is 6.02. The van der Waals surface area contributed by atoms with E-state index in [0.29, 0.717) is 47.8 Å². The second-order valence-electron chi connectivity index (χ2n) is 8.30. The van der Waals surface area contributed by atoms with E-state index in [-0.39, 0.29) is 17.4 Å². The number of carbonyl (C=O) groups excluding carboxylic acids is 2. The van der Waals surface area contributed by atoms with Gasteiger partial charge in [-0.3, -0.25) is 14.6 Å². The van der Waals surface area contributed by atoms with Crippen LogP contribution in [0.2, 0.25) is 0 Å². The predicted molar refractivity (Wildman–Crippen MR) is 116 cm³/mol. The zero-order valence-corrected chi connectivity index (χ0v) is 17.8. The molecule has 0 spiro atoms. The van der Waals surface area contributed by atoms with E-state index in [1.54, 1.807) is 30.5 Å². The summed E-state index contributed by atoms with van der Waals surface area (Å²) in [7, 11) is 0. The summed E-state index contributed by atoms with van der Waals surface area (Å²) in [6.45, 7) is 0. The largest absolute Gasteiger partial charge is 0.483 e. The first-order valence-corrected chi connectivity index (χ1v) is 10.7. The van der Waals surface area contributed by atoms with Crippen LogP contribution in [0.3, 0.4) is 0 Å². The van der Waals surface area contributed by atoms with Gasteiger partial charge in [0.25, 0.3) is 5.91 Å². The molecule has 1 fully saturated rings. The van der Waals surface area contributed by atoms with Gasteiger partial charge in [-0.25, -0.2) is 9.98 Å². The minimum absolute atomic E-state index is 0.0983. The average Bonchev–Trinajstić information content (AvgIpc) is 3.35. The SMILES string of the molecule is O=C1CCc2c(Oc3ccc4c(c3)[C@H]3C(=NC(=O)c5cncc(C(F)(F)F)c5)[C@H]3O4)ccnc2N1. The molecule has 2 aliphatic heterocycles. The predicted octanol–water partition coefficient (Wildman–Crippen LogP) is 4.31. The topological polar surface area (TPSA) is 103 Å². The molecule has 35 heavy (non-hydrogen) atoms. The van der Waals surface area contributed by atoms with Gasteiger partial charge in [0.15, 0.2) is 0 Å². The summed E-state index contributed by atoms with van der Waals surface area (Å²) >= 11 is 0. The summed E-state index contributed by atoms with van der Waals surface area (Å²) in [6.07, 6.45) is -0.940. The number of halogens is 3. The first kappa shape index (κ1) is 21.3. The van der Waals surface area contributed by atoms with E-state index in [9.17, 15) is 22.8 Å². The monoisotopic (exact) mass is 480 g/mol. The number of nitrogens with zero attached hydrogens (tertiary/aromatic N) is 3. The van der Waals surface area contributed by atoms with Gasteiger partial charge in [0, 0.05) is 36.1 Å². The molecule has 3 aromatic rings. The number of aliphatic imine (C=N–C) groups is 1. The van der Waals surface area contributed by atoms with Gasteiger partial charge in [-0.2, -0.15) is 13.2 Å². The summed E-state index contributed by atoms with van der Waals surface area (Å²) in [5.41, 5.74) is 0.763. The van der Waals surface area contributed by atoms with Crippen molar-refractivity contribution < 1.29 is 32.2 Å². The number of amides is 2. The number of pyridine rings is 2. The molecule has 4 heterocycles. The number of rotatable bonds is 3. The molecule has 2 aromatic heterocycles. The summed E-state index contributed by atoms with van der Waals surface area (Å²) in [5.74, 6) is 1.02. The van der Waals surface area contributed by atoms with Crippen molar-refractivity contribution in [1.29, 1.82) is 0 Å². The lowest BCUT2D eigenvalue weighted by Gasteiger charge is -2.19. The average molecular weight is 480 g/mol. The van der Waals surface area contributed by atoms with E-state index >= 15 is 0 Å². The van der Waals surface area contributed by atoms with Crippen molar-refractivity contribution in [1.82, 2.24) is 9.97 Å². The number of carbonyl (C=O) groups is 2. The molecule has 6 rings (SSSR count). The van der Waals surface area contributed by atoms with Crippen LogP contribution in [0.15, 0.2) is 53.9 Å². The van der Waals surface area contributed by atoms with Gasteiger partial charge in [-0.05, 0) is 36.8 Å². The highest BCUT2D eigenvalue weighted by molar-refractivity contribution is 6.19. The van der Waals surface area contributed by atoms with Crippen LogP contribution in [-0.4, -0.2) is 33.6 Å². The Morgan fingerprint density at radius 1 is 1.17 bits per heavy atom. The van der Waals surface area contributed by atoms with Crippen LogP contribution in [0.25, 0.3) is 0 Å². The van der Waals surface area contributed by atoms with Crippen molar-refractivity contribution in [2.45, 2.75) is 31.0 Å². The Morgan fingerprint density at radius 3 is 2.86 bits per heavy atom. The lowest BCUT2D eigenvalue weighted by atomic mass is 10.1. The molecule has 1 saturated carbocycles. The Hall–Kier alpha value is -4.28. The molecule has 11 heteroatoms. The Balaban J connectivity index is 1.23. The number of nitrogens with one attached hydrogen (secondary N) is 1. The first-order valence-electron chi connectivity index (χ1n) is 10.7. The van der Waals surface area contributed by atoms with Crippen molar-refractivity contribution in [3.05, 3.63) is 71.2 Å². The van der Waals surface area contributed by atoms with Crippen molar-refractivity contribution in [2.24, 2.45) is 4.99 Å². The maximum atomic E-state index is 12.9. The number of alkyl halides is 3. The van der Waals surface area contributed by atoms with Crippen LogP contribution >= 0.6 is 0 Å². The maximum absolute atomic E-state index is 12.9. The second kappa shape index (κ2) is 7.62. The first-order chi connectivity index (χ1) is 16.8. The molecule has 1 aromatic carbocycles. The van der Waals surface area contributed by atoms with Crippen molar-refractivity contribution >= 4 is 23.3 Å². The van der Waals surface area contributed by atoms with Crippen LogP contribution in [0, 0.1) is 0 Å². The van der Waals surface area contributed by atoms with Crippen LogP contribution in [0.5, 0.6) is 17.2 Å². The Labute approximate surface area is 195 Å². The molecule has 1 aliphatic carbocycles. The number of hydrogen-bond acceptors (Lipinski definition) is 6. The van der Waals surface area contributed by atoms with Crippen LogP contribution in [0.1, 0.15) is 39.4 Å². The summed E-state index contributed by atoms with van der Waals surface area (Å²) < 4.78 is 50.7. The lowest BCUT2D eigenvalue weighted by Crippen LogP contribution is -2.20. The number of benzene rings is 1. The summed E-state index contributed by atoms with van der Waals surface area (Å²) in [5, 5.41) is 2.73. The standard InChI is InChI=1S/C24H15F3N4O4/c25-24(26,27)12-7-11(9-28-10-12)23(33)31-20-19-15-8-13(1-3-16(15)35-21(19)20)34-17-5-6-29-22-14(17)2-4-18(32)30-22/h1,3,5-10,19,21H,2,4H2,(H,29,30,32)/t19-,21-/m0/s1. The highest BCUT2D eigenvalue weighted by atomic mass is 19.4. The summed E-state index contributed by atoms with van der Waals surface area (Å²) in [6, 6.07) is 7.73. The minimum Gasteiger partial charge on any atom is -0.483 e. The van der Waals surface area contributed by atoms with E-state index in [4.69, 9.17) is 9.47 Å². The lowest BCUT2D eigenvalue weighted by molar-refractivity contribution is -0.137. The quantitative estimate of drug-likeness (QED) is 0.599. The molecule has 2 atom stereocenters. The second-order valence-corrected chi connectivity index (χ2v) is 8.30. The molecule has 1 N–H and O–H groups in total. The van der Waals surface area contributed by atoms with Gasteiger partial charge in [0.1, 0.15) is 29.2 Å². The van der Waals surface area contributed by atoms with Gasteiger partial charge >= 0.3 is 6.18 Å². The van der Waals surface area contributed by atoms with Gasteiger partial charge in [0.2, 0.25) is 5.91 Å². The van der Waals surface area contributed by atoms with Crippen molar-refractivity contribution in [3.63, 3.8) is 0 Å². The Bertz CT molecular complexity index is 1440. The fourth-order valence-corrected chi connectivity index (χ4v) is 4.26. The molecular formula is C24H15F3N4O4. The summed E-state index contributed by atoms with van der Waals surface area (Å²) in [4.78, 5) is 35.8. The Kier molecular flexibility index (Phi) is 4.63. The zero-order valence-electron chi connectivity index (χ0n) is 17.8. The molecule has 3 aliphatic rings. The highest BCUT2D eigenvalue weighted by Gasteiger charge is 2.56. The molecule has 0 bridgehead atoms. The highest BCUT2D eigenvalue weighted by Crippen LogP contribution is 2.52. The van der Waals surface area contributed by atoms with Crippen molar-refractivity contribution in [3.8, 4) is 17.2 Å². The molecule has 176 valence electrons. The number of aromatic nitrogens is 2. The normalized spacial score (nSPS) is 20.9. The van der Waals surface area contributed by atoms with Gasteiger partial charge < -0.3 is 14.8 Å². The molecular weight excluding hydrogens is 465 g/mol. The number of anilines is 1. The van der Waals surface area contributed by atoms with Gasteiger partial charge in [-0.15, -0.1) is 0 Å². The zero-order chi connectivity index (χ0) is 24.3. The number of ether oxygens (including phenoxy) is 2. The van der Waals surface area contributed by atoms with E-state index in [1.807, 2.05) is 0 Å². The van der Waals surface area contributed by atoms with E-state index in [1.165, 1.54) is 0 Å². The van der Waals surface area contributed by atoms with Crippen LogP contribution in [0.4, 0.5) is 19.0 Å². The van der Waals surface area contributed by atoms with Gasteiger partial charge in [-0.1, -0.05) is 0 Å². The van der Waals surface area contributed by atoms with Crippen molar-refractivity contribution in [2.75, 3.05) is 5.32 Å². The van der Waals surface area contributed by atoms with E-state index in [0.717, 1.165) is 23.4 Å². The molecule has 2 amide bonds.